The van der Waals surface area contributed by atoms with E-state index in [1.807, 2.05) is 0 Å². The molecule has 0 radical (unpaired) electrons. The molecule has 0 aliphatic heterocycles. The molecule has 0 spiro atoms. The second-order valence-corrected chi connectivity index (χ2v) is 6.87. The fourth-order valence-electron chi connectivity index (χ4n) is 1.39. The van der Waals surface area contributed by atoms with Gasteiger partial charge in [-0.1, -0.05) is 0 Å². The van der Waals surface area contributed by atoms with Crippen molar-refractivity contribution in [1.29, 1.82) is 0 Å². The van der Waals surface area contributed by atoms with E-state index in [1.165, 1.54) is 13.8 Å². The average molecular weight is 260 g/mol. The molecule has 0 atom stereocenters. The van der Waals surface area contributed by atoms with Gasteiger partial charge in [-0.3, -0.25) is 4.79 Å². The van der Waals surface area contributed by atoms with Crippen molar-refractivity contribution in [1.82, 2.24) is 0 Å². The van der Waals surface area contributed by atoms with Crippen molar-refractivity contribution in [2.45, 2.75) is 29.9 Å². The van der Waals surface area contributed by atoms with E-state index < -0.39 is 32.8 Å². The van der Waals surface area contributed by atoms with Crippen molar-refractivity contribution in [3.63, 3.8) is 0 Å². The van der Waals surface area contributed by atoms with E-state index >= 15 is 0 Å². The first-order valence-electron chi connectivity index (χ1n) is 4.89. The summed E-state index contributed by atoms with van der Waals surface area (Å²) >= 11 is 0. The van der Waals surface area contributed by atoms with Gasteiger partial charge in [-0.25, -0.2) is 12.8 Å². The third-order valence-electron chi connectivity index (χ3n) is 2.43. The lowest BCUT2D eigenvalue weighted by molar-refractivity contribution is -0.137. The van der Waals surface area contributed by atoms with Gasteiger partial charge < -0.3 is 5.11 Å². The predicted molar refractivity (Wildman–Crippen MR) is 59.9 cm³/mol. The Hall–Kier alpha value is -1.43. The summed E-state index contributed by atoms with van der Waals surface area (Å²) < 4.78 is 35.5. The minimum absolute atomic E-state index is 0.0786. The lowest BCUT2D eigenvalue weighted by atomic mass is 10.1. The highest BCUT2D eigenvalue weighted by atomic mass is 32.2. The topological polar surface area (TPSA) is 71.4 Å². The summed E-state index contributed by atoms with van der Waals surface area (Å²) in [6.45, 7) is 2.67. The van der Waals surface area contributed by atoms with E-state index in [0.717, 1.165) is 24.3 Å². The maximum atomic E-state index is 12.7. The van der Waals surface area contributed by atoms with Crippen LogP contribution < -0.4 is 0 Å². The Morgan fingerprint density at radius 3 is 2.18 bits per heavy atom. The van der Waals surface area contributed by atoms with E-state index in [9.17, 15) is 17.6 Å². The minimum Gasteiger partial charge on any atom is -0.481 e. The fourth-order valence-corrected chi connectivity index (χ4v) is 2.84. The molecule has 0 saturated carbocycles. The van der Waals surface area contributed by atoms with Crippen molar-refractivity contribution in [2.24, 2.45) is 0 Å². The van der Waals surface area contributed by atoms with Gasteiger partial charge in [0.1, 0.15) is 5.82 Å². The summed E-state index contributed by atoms with van der Waals surface area (Å²) in [4.78, 5) is 10.5. The Morgan fingerprint density at radius 2 is 1.76 bits per heavy atom. The molecule has 0 fully saturated rings. The molecule has 1 aromatic carbocycles. The molecule has 1 aromatic rings. The predicted octanol–water partition coefficient (Wildman–Crippen LogP) is 1.85. The van der Waals surface area contributed by atoms with Crippen LogP contribution >= 0.6 is 0 Å². The average Bonchev–Trinajstić information content (AvgIpc) is 2.16. The minimum atomic E-state index is -3.80. The molecule has 0 saturated heterocycles. The van der Waals surface area contributed by atoms with Gasteiger partial charge in [-0.15, -0.1) is 0 Å². The fraction of sp³-hybridized carbons (Fsp3) is 0.364. The molecule has 0 heterocycles. The summed E-state index contributed by atoms with van der Waals surface area (Å²) in [5.74, 6) is -1.74. The SMILES string of the molecule is CC(C)(CC(=O)O)S(=O)(=O)c1ccc(F)cc1. The number of benzene rings is 1. The molecular weight excluding hydrogens is 247 g/mol. The molecule has 1 rings (SSSR count). The second kappa shape index (κ2) is 4.44. The van der Waals surface area contributed by atoms with Crippen LogP contribution in [0.4, 0.5) is 4.39 Å². The zero-order valence-electron chi connectivity index (χ0n) is 9.47. The number of carboxylic acids is 1. The Bertz CT molecular complexity index is 517. The van der Waals surface area contributed by atoms with Gasteiger partial charge in [0.25, 0.3) is 0 Å². The Kier molecular flexibility index (Phi) is 3.56. The quantitative estimate of drug-likeness (QED) is 0.839. The van der Waals surface area contributed by atoms with Gasteiger partial charge in [-0.2, -0.15) is 0 Å². The highest BCUT2D eigenvalue weighted by Crippen LogP contribution is 2.28. The second-order valence-electron chi connectivity index (χ2n) is 4.29. The smallest absolute Gasteiger partial charge is 0.304 e. The zero-order valence-corrected chi connectivity index (χ0v) is 10.3. The third-order valence-corrected chi connectivity index (χ3v) is 4.92. The highest BCUT2D eigenvalue weighted by molar-refractivity contribution is 7.92. The maximum Gasteiger partial charge on any atom is 0.304 e. The van der Waals surface area contributed by atoms with Crippen LogP contribution in [-0.4, -0.2) is 24.2 Å². The molecule has 0 aliphatic rings. The van der Waals surface area contributed by atoms with Crippen molar-refractivity contribution in [3.8, 4) is 0 Å². The van der Waals surface area contributed by atoms with Crippen molar-refractivity contribution >= 4 is 15.8 Å². The normalized spacial score (nSPS) is 12.4. The lowest BCUT2D eigenvalue weighted by Gasteiger charge is -2.22. The van der Waals surface area contributed by atoms with Crippen LogP contribution in [0.15, 0.2) is 29.2 Å². The zero-order chi connectivity index (χ0) is 13.3. The number of halogens is 1. The molecule has 0 aliphatic carbocycles. The van der Waals surface area contributed by atoms with Crippen LogP contribution in [0.5, 0.6) is 0 Å². The van der Waals surface area contributed by atoms with Gasteiger partial charge in [0, 0.05) is 0 Å². The summed E-state index contributed by atoms with van der Waals surface area (Å²) in [7, 11) is -3.80. The molecule has 4 nitrogen and oxygen atoms in total. The van der Waals surface area contributed by atoms with Gasteiger partial charge in [0.2, 0.25) is 0 Å². The Morgan fingerprint density at radius 1 is 1.29 bits per heavy atom. The van der Waals surface area contributed by atoms with E-state index in [-0.39, 0.29) is 4.90 Å². The van der Waals surface area contributed by atoms with Crippen LogP contribution in [0.25, 0.3) is 0 Å². The van der Waals surface area contributed by atoms with Crippen LogP contribution in [0.2, 0.25) is 0 Å². The van der Waals surface area contributed by atoms with E-state index in [4.69, 9.17) is 5.11 Å². The Balaban J connectivity index is 3.19. The number of rotatable bonds is 4. The first-order valence-corrected chi connectivity index (χ1v) is 6.37. The van der Waals surface area contributed by atoms with E-state index in [0.29, 0.717) is 0 Å². The van der Waals surface area contributed by atoms with Crippen molar-refractivity contribution < 1.29 is 22.7 Å². The number of carbonyl (C=O) groups is 1. The number of hydrogen-bond acceptors (Lipinski definition) is 3. The molecule has 0 amide bonds. The van der Waals surface area contributed by atoms with Crippen LogP contribution in [0.3, 0.4) is 0 Å². The van der Waals surface area contributed by atoms with Gasteiger partial charge in [-0.05, 0) is 38.1 Å². The molecule has 0 unspecified atom stereocenters. The molecule has 94 valence electrons. The molecule has 0 bridgehead atoms. The van der Waals surface area contributed by atoms with Gasteiger partial charge in [0.05, 0.1) is 16.1 Å². The summed E-state index contributed by atoms with van der Waals surface area (Å²) in [6, 6.07) is 4.33. The first kappa shape index (κ1) is 13.6. The molecule has 17 heavy (non-hydrogen) atoms. The molecular formula is C11H13FO4S. The molecule has 1 N–H and O–H groups in total. The van der Waals surface area contributed by atoms with E-state index in [1.54, 1.807) is 0 Å². The monoisotopic (exact) mass is 260 g/mol. The third kappa shape index (κ3) is 2.82. The number of sulfone groups is 1. The van der Waals surface area contributed by atoms with Crippen LogP contribution in [0, 0.1) is 5.82 Å². The highest BCUT2D eigenvalue weighted by Gasteiger charge is 2.37. The van der Waals surface area contributed by atoms with Crippen molar-refractivity contribution in [2.75, 3.05) is 0 Å². The lowest BCUT2D eigenvalue weighted by Crippen LogP contribution is -2.34. The first-order chi connectivity index (χ1) is 7.67. The number of hydrogen-bond donors (Lipinski definition) is 1. The largest absolute Gasteiger partial charge is 0.481 e. The maximum absolute atomic E-state index is 12.7. The summed E-state index contributed by atoms with van der Waals surface area (Å²) in [5.41, 5.74) is 0. The standard InChI is InChI=1S/C11H13FO4S/c1-11(2,7-10(13)14)17(15,16)9-5-3-8(12)4-6-9/h3-6H,7H2,1-2H3,(H,13,14). The van der Waals surface area contributed by atoms with E-state index in [2.05, 4.69) is 0 Å². The van der Waals surface area contributed by atoms with Crippen LogP contribution in [0.1, 0.15) is 20.3 Å². The summed E-state index contributed by atoms with van der Waals surface area (Å²) in [6.07, 6.45) is -0.507. The Labute approximate surface area is 99.0 Å². The number of aliphatic carboxylic acids is 1. The van der Waals surface area contributed by atoms with Gasteiger partial charge in [0.15, 0.2) is 9.84 Å². The summed E-state index contributed by atoms with van der Waals surface area (Å²) in [5, 5.41) is 8.68. The molecule has 6 heteroatoms. The van der Waals surface area contributed by atoms with Crippen LogP contribution in [-0.2, 0) is 14.6 Å². The van der Waals surface area contributed by atoms with Gasteiger partial charge >= 0.3 is 5.97 Å². The number of carboxylic acid groups (broad SMARTS) is 1. The molecule has 0 aromatic heterocycles. The van der Waals surface area contributed by atoms with Crippen molar-refractivity contribution in [3.05, 3.63) is 30.1 Å².